The van der Waals surface area contributed by atoms with Crippen molar-refractivity contribution in [1.82, 2.24) is 15.1 Å². The predicted octanol–water partition coefficient (Wildman–Crippen LogP) is 2.02. The van der Waals surface area contributed by atoms with Crippen LogP contribution >= 0.6 is 11.8 Å². The highest BCUT2D eigenvalue weighted by atomic mass is 32.2. The van der Waals surface area contributed by atoms with Crippen LogP contribution in [-0.2, 0) is 0 Å². The van der Waals surface area contributed by atoms with Gasteiger partial charge in [-0.2, -0.15) is 16.9 Å². The van der Waals surface area contributed by atoms with E-state index >= 15 is 0 Å². The van der Waals surface area contributed by atoms with Gasteiger partial charge in [0.1, 0.15) is 0 Å². The number of aliphatic hydroxyl groups excluding tert-OH is 1. The smallest absolute Gasteiger partial charge is 0.254 e. The van der Waals surface area contributed by atoms with Crippen molar-refractivity contribution in [3.05, 3.63) is 47.8 Å². The highest BCUT2D eigenvalue weighted by Crippen LogP contribution is 2.14. The van der Waals surface area contributed by atoms with Gasteiger partial charge < -0.3 is 10.4 Å². The summed E-state index contributed by atoms with van der Waals surface area (Å²) in [6, 6.07) is 7.76. The average molecular weight is 319 g/mol. The van der Waals surface area contributed by atoms with Crippen LogP contribution in [0.15, 0.2) is 36.7 Å². The number of amides is 1. The molecule has 0 saturated carbocycles. The van der Waals surface area contributed by atoms with Gasteiger partial charge >= 0.3 is 0 Å². The number of aliphatic hydroxyl groups is 1. The molecule has 0 fully saturated rings. The molecular formula is C16H21N3O2S. The monoisotopic (exact) mass is 319 g/mol. The molecule has 2 N–H and O–H groups in total. The third-order valence-corrected chi connectivity index (χ3v) is 4.77. The lowest BCUT2D eigenvalue weighted by atomic mass is 10.2. The van der Waals surface area contributed by atoms with Crippen molar-refractivity contribution < 1.29 is 9.90 Å². The summed E-state index contributed by atoms with van der Waals surface area (Å²) in [6.07, 6.45) is 5.19. The van der Waals surface area contributed by atoms with Crippen molar-refractivity contribution in [1.29, 1.82) is 0 Å². The summed E-state index contributed by atoms with van der Waals surface area (Å²) in [7, 11) is 0. The van der Waals surface area contributed by atoms with Crippen molar-refractivity contribution in [2.75, 3.05) is 12.9 Å². The number of thioether (sulfide) groups is 1. The lowest BCUT2D eigenvalue weighted by Gasteiger charge is -2.20. The van der Waals surface area contributed by atoms with Crippen molar-refractivity contribution in [3.8, 4) is 5.69 Å². The minimum absolute atomic E-state index is 0.0182. The van der Waals surface area contributed by atoms with Crippen LogP contribution in [0.3, 0.4) is 0 Å². The topological polar surface area (TPSA) is 67.2 Å². The Hall–Kier alpha value is -1.79. The zero-order valence-electron chi connectivity index (χ0n) is 13.0. The molecule has 2 rings (SSSR count). The molecule has 118 valence electrons. The molecular weight excluding hydrogens is 298 g/mol. The molecule has 1 aromatic heterocycles. The summed E-state index contributed by atoms with van der Waals surface area (Å²) < 4.78 is 1.70. The Morgan fingerprint density at radius 2 is 2.18 bits per heavy atom. The van der Waals surface area contributed by atoms with Crippen LogP contribution in [0, 0.1) is 6.92 Å². The minimum atomic E-state index is -0.181. The molecule has 0 spiro atoms. The molecule has 6 heteroatoms. The van der Waals surface area contributed by atoms with Gasteiger partial charge in [-0.1, -0.05) is 18.2 Å². The fourth-order valence-electron chi connectivity index (χ4n) is 2.21. The fourth-order valence-corrected chi connectivity index (χ4v) is 2.84. The van der Waals surface area contributed by atoms with Gasteiger partial charge in [0, 0.05) is 17.5 Å². The molecule has 5 nitrogen and oxygen atoms in total. The van der Waals surface area contributed by atoms with E-state index in [9.17, 15) is 9.90 Å². The number of nitrogens with zero attached hydrogens (tertiary/aromatic N) is 2. The Kier molecular flexibility index (Phi) is 5.63. The first-order valence-electron chi connectivity index (χ1n) is 7.12. The normalized spacial score (nSPS) is 13.6. The van der Waals surface area contributed by atoms with E-state index in [-0.39, 0.29) is 23.8 Å². The molecule has 1 amide bonds. The maximum atomic E-state index is 12.3. The molecule has 1 heterocycles. The van der Waals surface area contributed by atoms with Crippen LogP contribution in [0.4, 0.5) is 0 Å². The van der Waals surface area contributed by atoms with E-state index in [0.717, 1.165) is 11.3 Å². The number of nitrogens with one attached hydrogen (secondary N) is 1. The minimum Gasteiger partial charge on any atom is -0.395 e. The first-order valence-corrected chi connectivity index (χ1v) is 8.40. The first kappa shape index (κ1) is 16.6. The number of hydrogen-bond donors (Lipinski definition) is 2. The number of carbonyl (C=O) groups excluding carboxylic acids is 1. The van der Waals surface area contributed by atoms with E-state index in [4.69, 9.17) is 0 Å². The summed E-state index contributed by atoms with van der Waals surface area (Å²) in [6.45, 7) is 3.93. The number of carbonyl (C=O) groups is 1. The Morgan fingerprint density at radius 3 is 2.82 bits per heavy atom. The van der Waals surface area contributed by atoms with Gasteiger partial charge in [-0.25, -0.2) is 4.68 Å². The van der Waals surface area contributed by atoms with E-state index in [1.165, 1.54) is 11.8 Å². The van der Waals surface area contributed by atoms with Gasteiger partial charge in [0.25, 0.3) is 5.91 Å². The zero-order valence-corrected chi connectivity index (χ0v) is 13.8. The number of rotatable bonds is 6. The predicted molar refractivity (Wildman–Crippen MR) is 89.6 cm³/mol. The second kappa shape index (κ2) is 7.47. The van der Waals surface area contributed by atoms with E-state index in [1.54, 1.807) is 17.1 Å². The number of para-hydroxylation sites is 1. The Morgan fingerprint density at radius 1 is 1.45 bits per heavy atom. The van der Waals surface area contributed by atoms with E-state index in [2.05, 4.69) is 10.4 Å². The highest BCUT2D eigenvalue weighted by Gasteiger charge is 2.19. The number of benzene rings is 1. The van der Waals surface area contributed by atoms with Crippen molar-refractivity contribution in [3.63, 3.8) is 0 Å². The van der Waals surface area contributed by atoms with E-state index < -0.39 is 0 Å². The summed E-state index contributed by atoms with van der Waals surface area (Å²) in [5.41, 5.74) is 2.55. The molecule has 0 saturated heterocycles. The quantitative estimate of drug-likeness (QED) is 0.855. The van der Waals surface area contributed by atoms with Gasteiger partial charge in [-0.05, 0) is 31.7 Å². The molecule has 0 aliphatic heterocycles. The SMILES string of the molecule is CSC(CO)C(C)NC(=O)c1cnn(-c2ccccc2C)c1. The Labute approximate surface area is 134 Å². The van der Waals surface area contributed by atoms with Crippen LogP contribution in [-0.4, -0.2) is 44.9 Å². The van der Waals surface area contributed by atoms with Crippen LogP contribution < -0.4 is 5.32 Å². The molecule has 2 aromatic rings. The largest absolute Gasteiger partial charge is 0.395 e. The van der Waals surface area contributed by atoms with Gasteiger partial charge in [-0.3, -0.25) is 4.79 Å². The number of hydrogen-bond acceptors (Lipinski definition) is 4. The molecule has 0 aliphatic rings. The molecule has 0 aliphatic carbocycles. The Balaban J connectivity index is 2.11. The number of aryl methyl sites for hydroxylation is 1. The summed E-state index contributed by atoms with van der Waals surface area (Å²) >= 11 is 1.53. The third kappa shape index (κ3) is 3.69. The van der Waals surface area contributed by atoms with Crippen molar-refractivity contribution in [2.45, 2.75) is 25.1 Å². The fraction of sp³-hybridized carbons (Fsp3) is 0.375. The third-order valence-electron chi connectivity index (χ3n) is 3.61. The van der Waals surface area contributed by atoms with Gasteiger partial charge in [0.05, 0.1) is 24.1 Å². The van der Waals surface area contributed by atoms with E-state index in [1.807, 2.05) is 44.4 Å². The zero-order chi connectivity index (χ0) is 16.1. The maximum absolute atomic E-state index is 12.3. The molecule has 0 bridgehead atoms. The Bertz CT molecular complexity index is 638. The first-order chi connectivity index (χ1) is 10.6. The van der Waals surface area contributed by atoms with Crippen molar-refractivity contribution >= 4 is 17.7 Å². The van der Waals surface area contributed by atoms with Crippen LogP contribution in [0.2, 0.25) is 0 Å². The summed E-state index contributed by atoms with van der Waals surface area (Å²) in [4.78, 5) is 12.3. The second-order valence-corrected chi connectivity index (χ2v) is 6.26. The van der Waals surface area contributed by atoms with E-state index in [0.29, 0.717) is 5.56 Å². The molecule has 2 atom stereocenters. The summed E-state index contributed by atoms with van der Waals surface area (Å²) in [5, 5.41) is 16.4. The lowest BCUT2D eigenvalue weighted by molar-refractivity contribution is 0.0936. The van der Waals surface area contributed by atoms with Crippen LogP contribution in [0.1, 0.15) is 22.8 Å². The molecule has 2 unspecified atom stereocenters. The van der Waals surface area contributed by atoms with Crippen LogP contribution in [0.25, 0.3) is 5.69 Å². The molecule has 0 radical (unpaired) electrons. The maximum Gasteiger partial charge on any atom is 0.254 e. The highest BCUT2D eigenvalue weighted by molar-refractivity contribution is 7.99. The van der Waals surface area contributed by atoms with Gasteiger partial charge in [0.2, 0.25) is 0 Å². The van der Waals surface area contributed by atoms with Crippen molar-refractivity contribution in [2.24, 2.45) is 0 Å². The van der Waals surface area contributed by atoms with Gasteiger partial charge in [-0.15, -0.1) is 0 Å². The standard InChI is InChI=1S/C16H21N3O2S/c1-11-6-4-5-7-14(11)19-9-13(8-17-19)16(21)18-12(2)15(10-20)22-3/h4-9,12,15,20H,10H2,1-3H3,(H,18,21). The van der Waals surface area contributed by atoms with Gasteiger partial charge in [0.15, 0.2) is 0 Å². The average Bonchev–Trinajstić information content (AvgIpc) is 2.98. The second-order valence-electron chi connectivity index (χ2n) is 5.18. The van der Waals surface area contributed by atoms with Crippen LogP contribution in [0.5, 0.6) is 0 Å². The molecule has 22 heavy (non-hydrogen) atoms. The number of aromatic nitrogens is 2. The molecule has 1 aromatic carbocycles. The lowest BCUT2D eigenvalue weighted by Crippen LogP contribution is -2.41. The summed E-state index contributed by atoms with van der Waals surface area (Å²) in [5.74, 6) is -0.181.